The summed E-state index contributed by atoms with van der Waals surface area (Å²) in [6, 6.07) is -0.983. The number of nitrogens with zero attached hydrogens (tertiary/aromatic N) is 2. The fraction of sp³-hybridized carbons (Fsp3) is 0.800. The van der Waals surface area contributed by atoms with Gasteiger partial charge in [-0.2, -0.15) is 0 Å². The minimum absolute atomic E-state index is 0.244. The lowest BCUT2D eigenvalue weighted by Crippen LogP contribution is -2.47. The molecule has 5 heteroatoms. The molecule has 2 amide bonds. The fourth-order valence-electron chi connectivity index (χ4n) is 1.45. The molecule has 88 valence electrons. The van der Waals surface area contributed by atoms with Crippen LogP contribution in [0.1, 0.15) is 26.7 Å². The average molecular weight is 216 g/mol. The van der Waals surface area contributed by atoms with Gasteiger partial charge in [-0.15, -0.1) is 0 Å². The number of hydrogen-bond donors (Lipinski definition) is 1. The van der Waals surface area contributed by atoms with Crippen LogP contribution in [-0.4, -0.2) is 53.6 Å². The molecule has 0 aromatic heterocycles. The van der Waals surface area contributed by atoms with E-state index < -0.39 is 12.0 Å². The van der Waals surface area contributed by atoms with E-state index in [2.05, 4.69) is 0 Å². The molecule has 0 fully saturated rings. The van der Waals surface area contributed by atoms with Crippen molar-refractivity contribution in [3.8, 4) is 0 Å². The summed E-state index contributed by atoms with van der Waals surface area (Å²) in [6.07, 6.45) is 1.28. The number of urea groups is 1. The number of carbonyl (C=O) groups is 2. The number of hydrogen-bond acceptors (Lipinski definition) is 2. The van der Waals surface area contributed by atoms with E-state index in [9.17, 15) is 9.59 Å². The largest absolute Gasteiger partial charge is 0.480 e. The predicted octanol–water partition coefficient (Wildman–Crippen LogP) is 1.24. The minimum atomic E-state index is -0.960. The van der Waals surface area contributed by atoms with Gasteiger partial charge in [-0.3, -0.25) is 0 Å². The second-order valence-corrected chi connectivity index (χ2v) is 3.58. The maximum absolute atomic E-state index is 11.7. The molecule has 0 aliphatic carbocycles. The van der Waals surface area contributed by atoms with Gasteiger partial charge in [0.1, 0.15) is 6.04 Å². The Bertz CT molecular complexity index is 231. The third-order valence-electron chi connectivity index (χ3n) is 2.33. The Morgan fingerprint density at radius 3 is 2.13 bits per heavy atom. The summed E-state index contributed by atoms with van der Waals surface area (Å²) in [7, 11) is 3.20. The van der Waals surface area contributed by atoms with Gasteiger partial charge in [0.15, 0.2) is 0 Å². The standard InChI is InChI=1S/C10H20N2O3/c1-5-7-11(3)10(15)12(4)8(6-2)9(13)14/h8H,5-7H2,1-4H3,(H,13,14). The number of rotatable bonds is 5. The van der Waals surface area contributed by atoms with Crippen LogP contribution >= 0.6 is 0 Å². The van der Waals surface area contributed by atoms with Crippen LogP contribution in [0.5, 0.6) is 0 Å². The highest BCUT2D eigenvalue weighted by atomic mass is 16.4. The summed E-state index contributed by atoms with van der Waals surface area (Å²) < 4.78 is 0. The van der Waals surface area contributed by atoms with Gasteiger partial charge in [0.2, 0.25) is 0 Å². The summed E-state index contributed by atoms with van der Waals surface area (Å²) >= 11 is 0. The van der Waals surface area contributed by atoms with Gasteiger partial charge in [0, 0.05) is 20.6 Å². The summed E-state index contributed by atoms with van der Waals surface area (Å²) in [5.74, 6) is -0.960. The van der Waals surface area contributed by atoms with E-state index in [4.69, 9.17) is 5.11 Å². The molecule has 0 aliphatic rings. The minimum Gasteiger partial charge on any atom is -0.480 e. The van der Waals surface area contributed by atoms with Crippen LogP contribution in [0.3, 0.4) is 0 Å². The fourth-order valence-corrected chi connectivity index (χ4v) is 1.45. The van der Waals surface area contributed by atoms with Crippen molar-refractivity contribution in [3.05, 3.63) is 0 Å². The SMILES string of the molecule is CCCN(C)C(=O)N(C)C(CC)C(=O)O. The molecule has 0 aromatic carbocycles. The van der Waals surface area contributed by atoms with Crippen molar-refractivity contribution in [2.75, 3.05) is 20.6 Å². The first-order chi connectivity index (χ1) is 6.95. The van der Waals surface area contributed by atoms with E-state index >= 15 is 0 Å². The Labute approximate surface area is 90.7 Å². The van der Waals surface area contributed by atoms with E-state index in [1.807, 2.05) is 6.92 Å². The van der Waals surface area contributed by atoms with Gasteiger partial charge >= 0.3 is 12.0 Å². The maximum Gasteiger partial charge on any atom is 0.326 e. The Hall–Kier alpha value is -1.26. The highest BCUT2D eigenvalue weighted by Crippen LogP contribution is 2.05. The zero-order chi connectivity index (χ0) is 12.0. The van der Waals surface area contributed by atoms with Gasteiger partial charge in [-0.1, -0.05) is 13.8 Å². The van der Waals surface area contributed by atoms with Gasteiger partial charge in [-0.05, 0) is 12.8 Å². The molecule has 1 N–H and O–H groups in total. The lowest BCUT2D eigenvalue weighted by atomic mass is 10.2. The van der Waals surface area contributed by atoms with Crippen LogP contribution in [-0.2, 0) is 4.79 Å². The van der Waals surface area contributed by atoms with E-state index in [0.29, 0.717) is 13.0 Å². The monoisotopic (exact) mass is 216 g/mol. The predicted molar refractivity (Wildman–Crippen MR) is 57.8 cm³/mol. The quantitative estimate of drug-likeness (QED) is 0.752. The number of likely N-dealkylation sites (N-methyl/N-ethyl adjacent to an activating group) is 1. The van der Waals surface area contributed by atoms with Crippen LogP contribution < -0.4 is 0 Å². The van der Waals surface area contributed by atoms with Crippen molar-refractivity contribution < 1.29 is 14.7 Å². The maximum atomic E-state index is 11.7. The molecule has 1 unspecified atom stereocenters. The molecule has 0 rings (SSSR count). The molecule has 0 aliphatic heterocycles. The summed E-state index contributed by atoms with van der Waals surface area (Å²) in [5.41, 5.74) is 0. The van der Waals surface area contributed by atoms with Crippen molar-refractivity contribution in [1.82, 2.24) is 9.80 Å². The van der Waals surface area contributed by atoms with Crippen LogP contribution in [0.2, 0.25) is 0 Å². The molecule has 0 bridgehead atoms. The highest BCUT2D eigenvalue weighted by Gasteiger charge is 2.26. The van der Waals surface area contributed by atoms with E-state index in [-0.39, 0.29) is 6.03 Å². The number of carboxylic acid groups (broad SMARTS) is 1. The van der Waals surface area contributed by atoms with Crippen molar-refractivity contribution in [3.63, 3.8) is 0 Å². The molecule has 0 spiro atoms. The molecule has 0 aromatic rings. The molecular weight excluding hydrogens is 196 g/mol. The Morgan fingerprint density at radius 1 is 1.27 bits per heavy atom. The summed E-state index contributed by atoms with van der Waals surface area (Å²) in [5, 5.41) is 8.89. The first kappa shape index (κ1) is 13.7. The zero-order valence-corrected chi connectivity index (χ0v) is 9.86. The first-order valence-corrected chi connectivity index (χ1v) is 5.16. The van der Waals surface area contributed by atoms with Crippen LogP contribution in [0.15, 0.2) is 0 Å². The van der Waals surface area contributed by atoms with E-state index in [1.54, 1.807) is 14.0 Å². The second-order valence-electron chi connectivity index (χ2n) is 3.58. The van der Waals surface area contributed by atoms with Gasteiger partial charge in [0.05, 0.1) is 0 Å². The van der Waals surface area contributed by atoms with Gasteiger partial charge < -0.3 is 14.9 Å². The van der Waals surface area contributed by atoms with E-state index in [1.165, 1.54) is 16.8 Å². The Morgan fingerprint density at radius 2 is 1.80 bits per heavy atom. The van der Waals surface area contributed by atoms with Crippen molar-refractivity contribution >= 4 is 12.0 Å². The zero-order valence-electron chi connectivity index (χ0n) is 9.86. The number of amides is 2. The van der Waals surface area contributed by atoms with E-state index in [0.717, 1.165) is 6.42 Å². The second kappa shape index (κ2) is 6.27. The van der Waals surface area contributed by atoms with Gasteiger partial charge in [-0.25, -0.2) is 9.59 Å². The molecule has 0 saturated carbocycles. The first-order valence-electron chi connectivity index (χ1n) is 5.16. The summed E-state index contributed by atoms with van der Waals surface area (Å²) in [4.78, 5) is 25.4. The van der Waals surface area contributed by atoms with Crippen LogP contribution in [0.25, 0.3) is 0 Å². The third kappa shape index (κ3) is 3.77. The third-order valence-corrected chi connectivity index (χ3v) is 2.33. The molecule has 1 atom stereocenters. The molecule has 0 saturated heterocycles. The Kier molecular flexibility index (Phi) is 5.74. The lowest BCUT2D eigenvalue weighted by molar-refractivity contribution is -0.142. The molecule has 5 nitrogen and oxygen atoms in total. The van der Waals surface area contributed by atoms with Crippen molar-refractivity contribution in [2.45, 2.75) is 32.7 Å². The highest BCUT2D eigenvalue weighted by molar-refractivity contribution is 5.82. The topological polar surface area (TPSA) is 60.9 Å². The smallest absolute Gasteiger partial charge is 0.326 e. The molecule has 15 heavy (non-hydrogen) atoms. The van der Waals surface area contributed by atoms with Crippen LogP contribution in [0.4, 0.5) is 4.79 Å². The van der Waals surface area contributed by atoms with Crippen molar-refractivity contribution in [2.24, 2.45) is 0 Å². The van der Waals surface area contributed by atoms with Crippen LogP contribution in [0, 0.1) is 0 Å². The number of aliphatic carboxylic acids is 1. The number of carboxylic acids is 1. The molecule has 0 radical (unpaired) electrons. The van der Waals surface area contributed by atoms with Crippen molar-refractivity contribution in [1.29, 1.82) is 0 Å². The lowest BCUT2D eigenvalue weighted by Gasteiger charge is -2.28. The normalized spacial score (nSPS) is 12.0. The summed E-state index contributed by atoms with van der Waals surface area (Å²) in [6.45, 7) is 4.36. The van der Waals surface area contributed by atoms with Gasteiger partial charge in [0.25, 0.3) is 0 Å². The molecular formula is C10H20N2O3. The Balaban J connectivity index is 4.47. The number of carbonyl (C=O) groups excluding carboxylic acids is 1. The molecule has 0 heterocycles. The average Bonchev–Trinajstić information content (AvgIpc) is 2.17.